The molecule has 1 aromatic rings. The van der Waals surface area contributed by atoms with Gasteiger partial charge in [-0.05, 0) is 6.42 Å². The van der Waals surface area contributed by atoms with E-state index in [1.54, 1.807) is 7.11 Å². The Bertz CT molecular complexity index is 442. The molecule has 1 aliphatic carbocycles. The third kappa shape index (κ3) is 2.31. The summed E-state index contributed by atoms with van der Waals surface area (Å²) in [6.45, 7) is 4.31. The molecule has 1 saturated carbocycles. The van der Waals surface area contributed by atoms with E-state index in [1.807, 2.05) is 0 Å². The number of nitrogens with two attached hydrogens (primary N) is 1. The van der Waals surface area contributed by atoms with Gasteiger partial charge in [-0.3, -0.25) is 4.79 Å². The molecule has 2 unspecified atom stereocenters. The number of rotatable bonds is 4. The Labute approximate surface area is 106 Å². The molecule has 2 atom stereocenters. The Hall–Kier alpha value is -1.63. The van der Waals surface area contributed by atoms with Crippen molar-refractivity contribution in [1.82, 2.24) is 20.1 Å². The largest absolute Gasteiger partial charge is 0.381 e. The van der Waals surface area contributed by atoms with Crippen molar-refractivity contribution in [3.05, 3.63) is 6.33 Å². The Morgan fingerprint density at radius 2 is 2.44 bits per heavy atom. The van der Waals surface area contributed by atoms with Gasteiger partial charge in [0.05, 0.1) is 6.10 Å². The maximum atomic E-state index is 11.8. The molecule has 1 fully saturated rings. The molecule has 1 aliphatic rings. The minimum absolute atomic E-state index is 0.0359. The number of nitrogens with zero attached hydrogens (tertiary/aromatic N) is 3. The molecular formula is C11H19N5O2. The summed E-state index contributed by atoms with van der Waals surface area (Å²) >= 11 is 0. The van der Waals surface area contributed by atoms with Crippen molar-refractivity contribution in [1.29, 1.82) is 0 Å². The average Bonchev–Trinajstić information content (AvgIpc) is 2.69. The SMILES string of the molecule is COC1CC(NC(=O)Cn2cnc(N)n2)C1(C)C. The summed E-state index contributed by atoms with van der Waals surface area (Å²) in [6, 6.07) is 0.135. The number of aromatic nitrogens is 3. The van der Waals surface area contributed by atoms with Crippen LogP contribution in [0.4, 0.5) is 5.95 Å². The predicted octanol–water partition coefficient (Wildman–Crippen LogP) is -0.210. The highest BCUT2D eigenvalue weighted by molar-refractivity contribution is 5.76. The van der Waals surface area contributed by atoms with Crippen LogP contribution in [0.15, 0.2) is 6.33 Å². The number of carbonyl (C=O) groups excluding carboxylic acids is 1. The van der Waals surface area contributed by atoms with E-state index in [9.17, 15) is 4.79 Å². The molecule has 100 valence electrons. The fourth-order valence-electron chi connectivity index (χ4n) is 2.30. The highest BCUT2D eigenvalue weighted by Crippen LogP contribution is 2.42. The van der Waals surface area contributed by atoms with E-state index in [2.05, 4.69) is 29.2 Å². The molecule has 0 aromatic carbocycles. The second kappa shape index (κ2) is 4.56. The topological polar surface area (TPSA) is 95.1 Å². The second-order valence-corrected chi connectivity index (χ2v) is 5.20. The lowest BCUT2D eigenvalue weighted by molar-refractivity contribution is -0.133. The number of hydrogen-bond acceptors (Lipinski definition) is 5. The third-order valence-electron chi connectivity index (χ3n) is 3.66. The van der Waals surface area contributed by atoms with Gasteiger partial charge in [-0.25, -0.2) is 9.67 Å². The van der Waals surface area contributed by atoms with E-state index in [4.69, 9.17) is 10.5 Å². The minimum Gasteiger partial charge on any atom is -0.381 e. The van der Waals surface area contributed by atoms with E-state index in [-0.39, 0.29) is 36.0 Å². The first-order valence-electron chi connectivity index (χ1n) is 5.90. The number of ether oxygens (including phenoxy) is 1. The first-order valence-corrected chi connectivity index (χ1v) is 5.90. The molecule has 0 aliphatic heterocycles. The molecule has 1 amide bonds. The highest BCUT2D eigenvalue weighted by Gasteiger charge is 2.49. The van der Waals surface area contributed by atoms with Crippen LogP contribution in [0.2, 0.25) is 0 Å². The fourth-order valence-corrected chi connectivity index (χ4v) is 2.30. The van der Waals surface area contributed by atoms with Gasteiger partial charge in [0, 0.05) is 18.6 Å². The van der Waals surface area contributed by atoms with Gasteiger partial charge < -0.3 is 15.8 Å². The van der Waals surface area contributed by atoms with E-state index in [0.717, 1.165) is 6.42 Å². The first kappa shape index (κ1) is 12.8. The lowest BCUT2D eigenvalue weighted by atomic mass is 9.64. The van der Waals surface area contributed by atoms with Gasteiger partial charge in [0.2, 0.25) is 11.9 Å². The molecule has 7 nitrogen and oxygen atoms in total. The van der Waals surface area contributed by atoms with Crippen LogP contribution < -0.4 is 11.1 Å². The maximum absolute atomic E-state index is 11.8. The van der Waals surface area contributed by atoms with Crippen molar-refractivity contribution in [2.75, 3.05) is 12.8 Å². The molecule has 1 heterocycles. The lowest BCUT2D eigenvalue weighted by Gasteiger charge is -2.51. The van der Waals surface area contributed by atoms with Crippen LogP contribution in [-0.4, -0.2) is 39.9 Å². The van der Waals surface area contributed by atoms with Gasteiger partial charge in [0.25, 0.3) is 0 Å². The van der Waals surface area contributed by atoms with Crippen LogP contribution in [0.5, 0.6) is 0 Å². The Morgan fingerprint density at radius 3 is 2.94 bits per heavy atom. The van der Waals surface area contributed by atoms with E-state index >= 15 is 0 Å². The zero-order valence-corrected chi connectivity index (χ0v) is 10.9. The highest BCUT2D eigenvalue weighted by atomic mass is 16.5. The van der Waals surface area contributed by atoms with Crippen molar-refractivity contribution in [2.45, 2.75) is 39.0 Å². The van der Waals surface area contributed by atoms with Gasteiger partial charge in [0.15, 0.2) is 0 Å². The zero-order chi connectivity index (χ0) is 13.3. The number of nitrogens with one attached hydrogen (secondary N) is 1. The standard InChI is InChI=1S/C11H19N5O2/c1-11(2)7(4-8(11)18-3)14-9(17)5-16-6-13-10(12)15-16/h6-8H,4-5H2,1-3H3,(H2,12,15)(H,14,17). The van der Waals surface area contributed by atoms with Crippen molar-refractivity contribution in [3.63, 3.8) is 0 Å². The molecule has 0 spiro atoms. The summed E-state index contributed by atoms with van der Waals surface area (Å²) < 4.78 is 6.76. The molecule has 0 bridgehead atoms. The molecule has 0 radical (unpaired) electrons. The van der Waals surface area contributed by atoms with Crippen LogP contribution in [0.3, 0.4) is 0 Å². The van der Waals surface area contributed by atoms with Crippen molar-refractivity contribution in [2.24, 2.45) is 5.41 Å². The summed E-state index contributed by atoms with van der Waals surface area (Å²) in [5, 5.41) is 6.85. The van der Waals surface area contributed by atoms with Crippen LogP contribution in [0.1, 0.15) is 20.3 Å². The van der Waals surface area contributed by atoms with Crippen molar-refractivity contribution < 1.29 is 9.53 Å². The number of hydrogen-bond donors (Lipinski definition) is 2. The normalized spacial score (nSPS) is 25.5. The van der Waals surface area contributed by atoms with Crippen LogP contribution in [0.25, 0.3) is 0 Å². The number of anilines is 1. The van der Waals surface area contributed by atoms with Crippen LogP contribution in [-0.2, 0) is 16.1 Å². The summed E-state index contributed by atoms with van der Waals surface area (Å²) in [5.41, 5.74) is 5.35. The van der Waals surface area contributed by atoms with Gasteiger partial charge in [-0.15, -0.1) is 5.10 Å². The minimum atomic E-state index is -0.0903. The number of methoxy groups -OCH3 is 1. The van der Waals surface area contributed by atoms with Gasteiger partial charge in [0.1, 0.15) is 12.9 Å². The van der Waals surface area contributed by atoms with E-state index in [0.29, 0.717) is 0 Å². The lowest BCUT2D eigenvalue weighted by Crippen LogP contribution is -2.62. The number of nitrogen functional groups attached to an aromatic ring is 1. The molecule has 7 heteroatoms. The van der Waals surface area contributed by atoms with E-state index in [1.165, 1.54) is 11.0 Å². The zero-order valence-electron chi connectivity index (χ0n) is 10.9. The smallest absolute Gasteiger partial charge is 0.242 e. The van der Waals surface area contributed by atoms with Gasteiger partial charge in [-0.2, -0.15) is 0 Å². The summed E-state index contributed by atoms with van der Waals surface area (Å²) in [4.78, 5) is 15.6. The number of carbonyl (C=O) groups is 1. The average molecular weight is 253 g/mol. The van der Waals surface area contributed by atoms with Crippen molar-refractivity contribution in [3.8, 4) is 0 Å². The van der Waals surface area contributed by atoms with Crippen LogP contribution in [0, 0.1) is 5.41 Å². The first-order chi connectivity index (χ1) is 8.43. The molecule has 2 rings (SSSR count). The van der Waals surface area contributed by atoms with Gasteiger partial charge >= 0.3 is 0 Å². The molecular weight excluding hydrogens is 234 g/mol. The molecule has 1 aromatic heterocycles. The summed E-state index contributed by atoms with van der Waals surface area (Å²) in [6.07, 6.45) is 2.48. The number of amides is 1. The maximum Gasteiger partial charge on any atom is 0.242 e. The van der Waals surface area contributed by atoms with Crippen molar-refractivity contribution >= 4 is 11.9 Å². The van der Waals surface area contributed by atoms with Gasteiger partial charge in [-0.1, -0.05) is 13.8 Å². The Morgan fingerprint density at radius 1 is 1.72 bits per heavy atom. The molecule has 18 heavy (non-hydrogen) atoms. The predicted molar refractivity (Wildman–Crippen MR) is 65.6 cm³/mol. The Kier molecular flexibility index (Phi) is 3.25. The summed E-state index contributed by atoms with van der Waals surface area (Å²) in [7, 11) is 1.70. The second-order valence-electron chi connectivity index (χ2n) is 5.20. The monoisotopic (exact) mass is 253 g/mol. The molecule has 0 saturated heterocycles. The third-order valence-corrected chi connectivity index (χ3v) is 3.66. The quantitative estimate of drug-likeness (QED) is 0.774. The summed E-state index contributed by atoms with van der Waals surface area (Å²) in [5.74, 6) is 0.0822. The van der Waals surface area contributed by atoms with Crippen LogP contribution >= 0.6 is 0 Å². The Balaban J connectivity index is 1.86. The molecule has 3 N–H and O–H groups in total. The fraction of sp³-hybridized carbons (Fsp3) is 0.727. The van der Waals surface area contributed by atoms with E-state index < -0.39 is 0 Å².